The van der Waals surface area contributed by atoms with Crippen molar-refractivity contribution in [3.8, 4) is 22.4 Å². The van der Waals surface area contributed by atoms with Crippen LogP contribution in [-0.2, 0) is 12.8 Å². The molecular weight excluding hydrogens is 494 g/mol. The van der Waals surface area contributed by atoms with E-state index in [4.69, 9.17) is 4.98 Å². The zero-order chi connectivity index (χ0) is 27.4. The van der Waals surface area contributed by atoms with Crippen LogP contribution in [0.4, 0.5) is 0 Å². The normalized spacial score (nSPS) is 11.4. The molecule has 0 fully saturated rings. The Kier molecular flexibility index (Phi) is 7.01. The molecule has 1 nitrogen and oxygen atoms in total. The van der Waals surface area contributed by atoms with Crippen LogP contribution < -0.4 is 0 Å². The lowest BCUT2D eigenvalue weighted by atomic mass is 9.94. The Labute approximate surface area is 242 Å². The Morgan fingerprint density at radius 2 is 0.902 bits per heavy atom. The molecule has 0 aliphatic heterocycles. The van der Waals surface area contributed by atoms with Gasteiger partial charge in [0.25, 0.3) is 0 Å². The van der Waals surface area contributed by atoms with Gasteiger partial charge in [-0.2, -0.15) is 0 Å². The van der Waals surface area contributed by atoms with Gasteiger partial charge in [-0.15, -0.1) is 0 Å². The van der Waals surface area contributed by atoms with Crippen molar-refractivity contribution in [3.63, 3.8) is 0 Å². The maximum absolute atomic E-state index is 4.97. The SMILES string of the molecule is c1ccc(CCCCCc2cccc(-c3cccc(-c4cc5c6ccccc6c6ccccc6c5cn4)c3)c2)cc1. The van der Waals surface area contributed by atoms with Crippen LogP contribution in [0.2, 0.25) is 0 Å². The Morgan fingerprint density at radius 1 is 0.366 bits per heavy atom. The van der Waals surface area contributed by atoms with Crippen molar-refractivity contribution in [2.75, 3.05) is 0 Å². The average Bonchev–Trinajstić information content (AvgIpc) is 3.05. The third-order valence-electron chi connectivity index (χ3n) is 8.32. The molecular formula is C40H33N. The highest BCUT2D eigenvalue weighted by molar-refractivity contribution is 6.25. The van der Waals surface area contributed by atoms with Crippen LogP contribution in [0, 0.1) is 0 Å². The number of aromatic nitrogens is 1. The summed E-state index contributed by atoms with van der Waals surface area (Å²) < 4.78 is 0. The molecule has 0 radical (unpaired) electrons. The summed E-state index contributed by atoms with van der Waals surface area (Å²) in [6.45, 7) is 0. The van der Waals surface area contributed by atoms with E-state index in [0.29, 0.717) is 0 Å². The zero-order valence-corrected chi connectivity index (χ0v) is 23.3. The predicted octanol–water partition coefficient (Wildman–Crippen LogP) is 10.8. The summed E-state index contributed by atoms with van der Waals surface area (Å²) in [6, 6.07) is 48.4. The molecule has 7 rings (SSSR count). The van der Waals surface area contributed by atoms with Crippen LogP contribution >= 0.6 is 0 Å². The Balaban J connectivity index is 1.14. The fraction of sp³-hybridized carbons (Fsp3) is 0.125. The number of unbranched alkanes of at least 4 members (excludes halogenated alkanes) is 2. The molecule has 0 aliphatic rings. The van der Waals surface area contributed by atoms with Gasteiger partial charge in [0.2, 0.25) is 0 Å². The van der Waals surface area contributed by atoms with Crippen LogP contribution in [0.25, 0.3) is 54.7 Å². The van der Waals surface area contributed by atoms with Crippen molar-refractivity contribution < 1.29 is 0 Å². The summed E-state index contributed by atoms with van der Waals surface area (Å²) in [6.07, 6.45) is 8.07. The molecule has 1 heterocycles. The van der Waals surface area contributed by atoms with Gasteiger partial charge in [-0.05, 0) is 87.0 Å². The maximum atomic E-state index is 4.97. The average molecular weight is 528 g/mol. The number of hydrogen-bond donors (Lipinski definition) is 0. The minimum Gasteiger partial charge on any atom is -0.256 e. The fourth-order valence-electron chi connectivity index (χ4n) is 6.20. The molecule has 0 spiro atoms. The van der Waals surface area contributed by atoms with Crippen LogP contribution in [0.5, 0.6) is 0 Å². The minimum absolute atomic E-state index is 1.01. The molecule has 1 aromatic heterocycles. The van der Waals surface area contributed by atoms with Gasteiger partial charge in [0.1, 0.15) is 0 Å². The highest BCUT2D eigenvalue weighted by Crippen LogP contribution is 2.36. The Bertz CT molecular complexity index is 1930. The molecule has 6 aromatic carbocycles. The van der Waals surface area contributed by atoms with Crippen molar-refractivity contribution in [3.05, 3.63) is 151 Å². The number of hydrogen-bond acceptors (Lipinski definition) is 1. The third-order valence-corrected chi connectivity index (χ3v) is 8.32. The summed E-state index contributed by atoms with van der Waals surface area (Å²) in [5.74, 6) is 0. The molecule has 0 atom stereocenters. The maximum Gasteiger partial charge on any atom is 0.0708 e. The van der Waals surface area contributed by atoms with Crippen molar-refractivity contribution >= 4 is 32.3 Å². The lowest BCUT2D eigenvalue weighted by Gasteiger charge is -2.12. The molecule has 198 valence electrons. The first kappa shape index (κ1) is 25.2. The van der Waals surface area contributed by atoms with E-state index in [1.807, 2.05) is 0 Å². The molecule has 0 saturated carbocycles. The highest BCUT2D eigenvalue weighted by Gasteiger charge is 2.11. The Morgan fingerprint density at radius 3 is 1.63 bits per heavy atom. The summed E-state index contributed by atoms with van der Waals surface area (Å²) in [4.78, 5) is 4.97. The molecule has 0 amide bonds. The topological polar surface area (TPSA) is 12.9 Å². The third kappa shape index (κ3) is 5.24. The van der Waals surface area contributed by atoms with E-state index in [0.717, 1.165) is 17.7 Å². The van der Waals surface area contributed by atoms with E-state index in [1.165, 1.54) is 80.3 Å². The summed E-state index contributed by atoms with van der Waals surface area (Å²) in [7, 11) is 0. The van der Waals surface area contributed by atoms with E-state index >= 15 is 0 Å². The number of fused-ring (bicyclic) bond motifs is 6. The van der Waals surface area contributed by atoms with E-state index in [-0.39, 0.29) is 0 Å². The molecule has 0 aliphatic carbocycles. The van der Waals surface area contributed by atoms with Gasteiger partial charge >= 0.3 is 0 Å². The monoisotopic (exact) mass is 527 g/mol. The Hall–Kier alpha value is -4.75. The molecule has 1 heteroatoms. The van der Waals surface area contributed by atoms with Crippen molar-refractivity contribution in [1.82, 2.24) is 4.98 Å². The quantitative estimate of drug-likeness (QED) is 0.141. The second-order valence-electron chi connectivity index (χ2n) is 11.0. The molecule has 0 unspecified atom stereocenters. The molecule has 0 bridgehead atoms. The second-order valence-corrected chi connectivity index (χ2v) is 11.0. The van der Waals surface area contributed by atoms with Crippen LogP contribution in [0.1, 0.15) is 30.4 Å². The molecule has 7 aromatic rings. The van der Waals surface area contributed by atoms with Gasteiger partial charge in [0, 0.05) is 17.1 Å². The van der Waals surface area contributed by atoms with Gasteiger partial charge in [0.05, 0.1) is 5.69 Å². The van der Waals surface area contributed by atoms with E-state index in [9.17, 15) is 0 Å². The van der Waals surface area contributed by atoms with Gasteiger partial charge in [0.15, 0.2) is 0 Å². The first-order chi connectivity index (χ1) is 20.3. The van der Waals surface area contributed by atoms with Crippen molar-refractivity contribution in [2.24, 2.45) is 0 Å². The smallest absolute Gasteiger partial charge is 0.0708 e. The number of aryl methyl sites for hydroxylation is 2. The molecule has 0 N–H and O–H groups in total. The van der Waals surface area contributed by atoms with E-state index < -0.39 is 0 Å². The van der Waals surface area contributed by atoms with Crippen molar-refractivity contribution in [2.45, 2.75) is 32.1 Å². The largest absolute Gasteiger partial charge is 0.256 e. The van der Waals surface area contributed by atoms with Gasteiger partial charge in [-0.3, -0.25) is 4.98 Å². The van der Waals surface area contributed by atoms with E-state index in [1.54, 1.807) is 0 Å². The first-order valence-electron chi connectivity index (χ1n) is 14.8. The van der Waals surface area contributed by atoms with Gasteiger partial charge < -0.3 is 0 Å². The first-order valence-corrected chi connectivity index (χ1v) is 14.8. The predicted molar refractivity (Wildman–Crippen MR) is 175 cm³/mol. The zero-order valence-electron chi connectivity index (χ0n) is 23.3. The standard InChI is InChI=1S/C40H33N/c1-3-13-29(14-4-1)15-5-2-6-16-30-17-11-18-31(25-30)32-19-12-20-33(26-32)40-27-38-36-23-9-7-21-34(36)35-22-8-10-24-37(35)39(38)28-41-40/h1,3-4,7-14,17-28H,2,5-6,15-16H2. The summed E-state index contributed by atoms with van der Waals surface area (Å²) in [5.41, 5.74) is 7.51. The summed E-state index contributed by atoms with van der Waals surface area (Å²) in [5, 5.41) is 7.56. The number of rotatable bonds is 8. The van der Waals surface area contributed by atoms with Crippen molar-refractivity contribution in [1.29, 1.82) is 0 Å². The molecule has 41 heavy (non-hydrogen) atoms. The highest BCUT2D eigenvalue weighted by atomic mass is 14.7. The second kappa shape index (κ2) is 11.4. The fourth-order valence-corrected chi connectivity index (χ4v) is 6.20. The number of nitrogens with zero attached hydrogens (tertiary/aromatic N) is 1. The lowest BCUT2D eigenvalue weighted by molar-refractivity contribution is 0.678. The van der Waals surface area contributed by atoms with E-state index in [2.05, 4.69) is 140 Å². The number of pyridine rings is 1. The van der Waals surface area contributed by atoms with Crippen LogP contribution in [-0.4, -0.2) is 4.98 Å². The molecule has 0 saturated heterocycles. The van der Waals surface area contributed by atoms with Gasteiger partial charge in [-0.1, -0.05) is 128 Å². The van der Waals surface area contributed by atoms with Crippen LogP contribution in [0.3, 0.4) is 0 Å². The summed E-state index contributed by atoms with van der Waals surface area (Å²) >= 11 is 0. The van der Waals surface area contributed by atoms with Gasteiger partial charge in [-0.25, -0.2) is 0 Å². The minimum atomic E-state index is 1.01. The number of benzene rings is 6. The van der Waals surface area contributed by atoms with Crippen LogP contribution in [0.15, 0.2) is 140 Å². The lowest BCUT2D eigenvalue weighted by Crippen LogP contribution is -1.90.